The first-order valence-corrected chi connectivity index (χ1v) is 7.50. The summed E-state index contributed by atoms with van der Waals surface area (Å²) >= 11 is 0. The fourth-order valence-electron chi connectivity index (χ4n) is 2.03. The summed E-state index contributed by atoms with van der Waals surface area (Å²) in [6.07, 6.45) is 1.67. The maximum absolute atomic E-state index is 11.8. The number of nitrogens with one attached hydrogen (secondary N) is 1. The molecule has 0 aliphatic rings. The second-order valence-corrected chi connectivity index (χ2v) is 6.57. The van der Waals surface area contributed by atoms with Gasteiger partial charge in [-0.2, -0.15) is 0 Å². The first-order chi connectivity index (χ1) is 9.71. The molecule has 4 heteroatoms. The van der Waals surface area contributed by atoms with Crippen molar-refractivity contribution in [2.75, 3.05) is 6.61 Å². The summed E-state index contributed by atoms with van der Waals surface area (Å²) in [6, 6.07) is 6.08. The van der Waals surface area contributed by atoms with Crippen LogP contribution in [0.25, 0.3) is 0 Å². The van der Waals surface area contributed by atoms with Gasteiger partial charge in [0.25, 0.3) is 5.91 Å². The highest BCUT2D eigenvalue weighted by molar-refractivity contribution is 5.78. The third-order valence-electron chi connectivity index (χ3n) is 3.10. The number of hydrogen-bond acceptors (Lipinski definition) is 3. The minimum Gasteiger partial charge on any atom is -0.483 e. The molecule has 1 aromatic carbocycles. The van der Waals surface area contributed by atoms with Gasteiger partial charge in [0.2, 0.25) is 0 Å². The van der Waals surface area contributed by atoms with Crippen molar-refractivity contribution in [3.05, 3.63) is 29.3 Å². The van der Waals surface area contributed by atoms with E-state index >= 15 is 0 Å². The molecule has 0 fully saturated rings. The SMILES string of the molecule is CCC(N)Cc1cc(C)ccc1OCC(=O)NC(C)(C)C. The molecule has 3 N–H and O–H groups in total. The van der Waals surface area contributed by atoms with Crippen LogP contribution in [0.3, 0.4) is 0 Å². The highest BCUT2D eigenvalue weighted by Gasteiger charge is 2.15. The van der Waals surface area contributed by atoms with Gasteiger partial charge in [-0.25, -0.2) is 0 Å². The monoisotopic (exact) mass is 292 g/mol. The molecule has 1 atom stereocenters. The van der Waals surface area contributed by atoms with Gasteiger partial charge in [0.05, 0.1) is 0 Å². The predicted octanol–water partition coefficient (Wildman–Crippen LogP) is 2.57. The van der Waals surface area contributed by atoms with Gasteiger partial charge in [0, 0.05) is 11.6 Å². The van der Waals surface area contributed by atoms with Crippen LogP contribution in [0.5, 0.6) is 5.75 Å². The number of carbonyl (C=O) groups is 1. The molecule has 1 amide bonds. The number of ether oxygens (including phenoxy) is 1. The van der Waals surface area contributed by atoms with Crippen molar-refractivity contribution in [2.24, 2.45) is 5.73 Å². The van der Waals surface area contributed by atoms with Gasteiger partial charge in [0.15, 0.2) is 6.61 Å². The van der Waals surface area contributed by atoms with Gasteiger partial charge in [-0.05, 0) is 52.2 Å². The molecular weight excluding hydrogens is 264 g/mol. The second kappa shape index (κ2) is 7.46. The van der Waals surface area contributed by atoms with Crippen LogP contribution >= 0.6 is 0 Å². The summed E-state index contributed by atoms with van der Waals surface area (Å²) in [4.78, 5) is 11.8. The Kier molecular flexibility index (Phi) is 6.21. The fraction of sp³-hybridized carbons (Fsp3) is 0.588. The van der Waals surface area contributed by atoms with E-state index < -0.39 is 0 Å². The van der Waals surface area contributed by atoms with Crippen molar-refractivity contribution in [1.82, 2.24) is 5.32 Å². The molecule has 0 aromatic heterocycles. The molecule has 118 valence electrons. The Morgan fingerprint density at radius 3 is 2.62 bits per heavy atom. The normalized spacial score (nSPS) is 12.9. The lowest BCUT2D eigenvalue weighted by atomic mass is 10.0. The maximum atomic E-state index is 11.8. The number of carbonyl (C=O) groups excluding carboxylic acids is 1. The van der Waals surface area contributed by atoms with Crippen molar-refractivity contribution < 1.29 is 9.53 Å². The van der Waals surface area contributed by atoms with Crippen molar-refractivity contribution in [2.45, 2.75) is 59.0 Å². The van der Waals surface area contributed by atoms with Gasteiger partial charge in [-0.15, -0.1) is 0 Å². The Morgan fingerprint density at radius 2 is 2.05 bits per heavy atom. The molecule has 1 aromatic rings. The Labute approximate surface area is 128 Å². The van der Waals surface area contributed by atoms with Crippen LogP contribution in [0.15, 0.2) is 18.2 Å². The molecule has 0 bridgehead atoms. The van der Waals surface area contributed by atoms with Crippen molar-refractivity contribution in [3.8, 4) is 5.75 Å². The first-order valence-electron chi connectivity index (χ1n) is 7.50. The lowest BCUT2D eigenvalue weighted by Crippen LogP contribution is -2.43. The number of amides is 1. The number of rotatable bonds is 6. The molecule has 0 saturated heterocycles. The molecule has 0 radical (unpaired) electrons. The average Bonchev–Trinajstić information content (AvgIpc) is 2.35. The summed E-state index contributed by atoms with van der Waals surface area (Å²) in [5.41, 5.74) is 8.01. The molecule has 0 aliphatic heterocycles. The highest BCUT2D eigenvalue weighted by Crippen LogP contribution is 2.22. The second-order valence-electron chi connectivity index (χ2n) is 6.57. The van der Waals surface area contributed by atoms with E-state index in [1.807, 2.05) is 39.8 Å². The zero-order valence-electron chi connectivity index (χ0n) is 13.8. The van der Waals surface area contributed by atoms with Crippen LogP contribution < -0.4 is 15.8 Å². The van der Waals surface area contributed by atoms with Crippen LogP contribution in [0, 0.1) is 6.92 Å². The largest absolute Gasteiger partial charge is 0.483 e. The zero-order valence-corrected chi connectivity index (χ0v) is 13.8. The Balaban J connectivity index is 2.72. The van der Waals surface area contributed by atoms with E-state index in [0.717, 1.165) is 24.2 Å². The van der Waals surface area contributed by atoms with E-state index in [4.69, 9.17) is 10.5 Å². The topological polar surface area (TPSA) is 64.3 Å². The van der Waals surface area contributed by atoms with Crippen LogP contribution in [0.4, 0.5) is 0 Å². The Morgan fingerprint density at radius 1 is 1.38 bits per heavy atom. The van der Waals surface area contributed by atoms with Gasteiger partial charge >= 0.3 is 0 Å². The molecular formula is C17H28N2O2. The van der Waals surface area contributed by atoms with E-state index in [-0.39, 0.29) is 24.1 Å². The number of nitrogens with two attached hydrogens (primary N) is 1. The van der Waals surface area contributed by atoms with Gasteiger partial charge in [-0.3, -0.25) is 4.79 Å². The van der Waals surface area contributed by atoms with Gasteiger partial charge in [-0.1, -0.05) is 24.6 Å². The van der Waals surface area contributed by atoms with Crippen molar-refractivity contribution in [1.29, 1.82) is 0 Å². The van der Waals surface area contributed by atoms with E-state index in [2.05, 4.69) is 18.3 Å². The Hall–Kier alpha value is -1.55. The van der Waals surface area contributed by atoms with E-state index in [0.29, 0.717) is 0 Å². The van der Waals surface area contributed by atoms with Crippen molar-refractivity contribution >= 4 is 5.91 Å². The van der Waals surface area contributed by atoms with Crippen LogP contribution in [-0.4, -0.2) is 24.1 Å². The summed E-state index contributed by atoms with van der Waals surface area (Å²) in [6.45, 7) is 9.97. The Bertz CT molecular complexity index is 478. The zero-order chi connectivity index (χ0) is 16.0. The molecule has 4 nitrogen and oxygen atoms in total. The van der Waals surface area contributed by atoms with Crippen molar-refractivity contribution in [3.63, 3.8) is 0 Å². The molecule has 1 rings (SSSR count). The molecule has 0 heterocycles. The maximum Gasteiger partial charge on any atom is 0.258 e. The number of hydrogen-bond donors (Lipinski definition) is 2. The molecule has 1 unspecified atom stereocenters. The quantitative estimate of drug-likeness (QED) is 0.847. The predicted molar refractivity (Wildman–Crippen MR) is 86.5 cm³/mol. The average molecular weight is 292 g/mol. The standard InChI is InChI=1S/C17H28N2O2/c1-6-14(18)10-13-9-12(2)7-8-15(13)21-11-16(20)19-17(3,4)5/h7-9,14H,6,10-11,18H2,1-5H3,(H,19,20). The van der Waals surface area contributed by atoms with E-state index in [9.17, 15) is 4.79 Å². The number of benzene rings is 1. The molecule has 0 aliphatic carbocycles. The van der Waals surface area contributed by atoms with Crippen LogP contribution in [-0.2, 0) is 11.2 Å². The van der Waals surface area contributed by atoms with Gasteiger partial charge < -0.3 is 15.8 Å². The lowest BCUT2D eigenvalue weighted by Gasteiger charge is -2.21. The molecule has 0 spiro atoms. The van der Waals surface area contributed by atoms with Crippen LogP contribution in [0.2, 0.25) is 0 Å². The minimum absolute atomic E-state index is 0.0225. The third kappa shape index (κ3) is 6.63. The summed E-state index contributed by atoms with van der Waals surface area (Å²) in [5.74, 6) is 0.627. The van der Waals surface area contributed by atoms with E-state index in [1.54, 1.807) is 0 Å². The molecule has 21 heavy (non-hydrogen) atoms. The van der Waals surface area contributed by atoms with Crippen LogP contribution in [0.1, 0.15) is 45.2 Å². The smallest absolute Gasteiger partial charge is 0.258 e. The summed E-state index contributed by atoms with van der Waals surface area (Å²) < 4.78 is 5.68. The summed E-state index contributed by atoms with van der Waals surface area (Å²) in [5, 5.41) is 2.88. The summed E-state index contributed by atoms with van der Waals surface area (Å²) in [7, 11) is 0. The first kappa shape index (κ1) is 17.5. The fourth-order valence-corrected chi connectivity index (χ4v) is 2.03. The van der Waals surface area contributed by atoms with E-state index in [1.165, 1.54) is 5.56 Å². The third-order valence-corrected chi connectivity index (χ3v) is 3.10. The lowest BCUT2D eigenvalue weighted by molar-refractivity contribution is -0.124. The minimum atomic E-state index is -0.249. The molecule has 0 saturated carbocycles. The van der Waals surface area contributed by atoms with Gasteiger partial charge in [0.1, 0.15) is 5.75 Å². The highest BCUT2D eigenvalue weighted by atomic mass is 16.5. The number of aryl methyl sites for hydroxylation is 1.